The first kappa shape index (κ1) is 17.2. The molecule has 0 bridgehead atoms. The molecule has 1 N–H and O–H groups in total. The van der Waals surface area contributed by atoms with Gasteiger partial charge in [-0.2, -0.15) is 0 Å². The maximum absolute atomic E-state index is 14.5. The lowest BCUT2D eigenvalue weighted by Crippen LogP contribution is -2.48. The molecule has 2 atom stereocenters. The van der Waals surface area contributed by atoms with Gasteiger partial charge in [0.15, 0.2) is 0 Å². The Balaban J connectivity index is 2.28. The summed E-state index contributed by atoms with van der Waals surface area (Å²) in [6.07, 6.45) is -0.0783. The highest BCUT2D eigenvalue weighted by atomic mass is 79.9. The molecule has 0 radical (unpaired) electrons. The number of rotatable bonds is 5. The minimum absolute atomic E-state index is 0.0783. The summed E-state index contributed by atoms with van der Waals surface area (Å²) in [7, 11) is 0. The van der Waals surface area contributed by atoms with Crippen molar-refractivity contribution in [2.45, 2.75) is 26.0 Å². The van der Waals surface area contributed by atoms with E-state index in [0.717, 1.165) is 26.2 Å². The van der Waals surface area contributed by atoms with Gasteiger partial charge in [-0.05, 0) is 35.1 Å². The van der Waals surface area contributed by atoms with E-state index in [0.29, 0.717) is 16.6 Å². The minimum atomic E-state index is -0.380. The van der Waals surface area contributed by atoms with E-state index in [4.69, 9.17) is 16.3 Å². The van der Waals surface area contributed by atoms with Gasteiger partial charge in [0.1, 0.15) is 5.82 Å². The molecule has 2 unspecified atom stereocenters. The van der Waals surface area contributed by atoms with E-state index >= 15 is 0 Å². The van der Waals surface area contributed by atoms with Crippen LogP contribution in [0.25, 0.3) is 0 Å². The number of morpholine rings is 1. The smallest absolute Gasteiger partial charge is 0.147 e. The molecule has 1 fully saturated rings. The van der Waals surface area contributed by atoms with Gasteiger partial charge < -0.3 is 10.1 Å². The van der Waals surface area contributed by atoms with Crippen LogP contribution in [0.5, 0.6) is 0 Å². The Labute approximate surface area is 138 Å². The zero-order valence-electron chi connectivity index (χ0n) is 12.3. The van der Waals surface area contributed by atoms with Crippen molar-refractivity contribution in [1.29, 1.82) is 0 Å². The summed E-state index contributed by atoms with van der Waals surface area (Å²) < 4.78 is 20.9. The molecule has 0 aliphatic carbocycles. The molecule has 0 saturated carbocycles. The van der Waals surface area contributed by atoms with Gasteiger partial charge in [0.2, 0.25) is 0 Å². The zero-order valence-corrected chi connectivity index (χ0v) is 14.7. The van der Waals surface area contributed by atoms with E-state index < -0.39 is 0 Å². The highest BCUT2D eigenvalue weighted by Gasteiger charge is 2.30. The SMILES string of the molecule is CCNC(c1ccc(Br)c(Cl)c1F)C1CN(CC)CCO1. The fourth-order valence-corrected chi connectivity index (χ4v) is 3.14. The number of nitrogens with one attached hydrogen (secondary N) is 1. The standard InChI is InChI=1S/C15H21BrClFN2O/c1-3-19-15(12-9-20(4-2)7-8-21-12)10-5-6-11(16)13(17)14(10)18/h5-6,12,15,19H,3-4,7-9H2,1-2H3. The van der Waals surface area contributed by atoms with E-state index in [1.54, 1.807) is 12.1 Å². The Morgan fingerprint density at radius 3 is 2.95 bits per heavy atom. The molecule has 1 aliphatic heterocycles. The molecule has 3 nitrogen and oxygen atoms in total. The summed E-state index contributed by atoms with van der Waals surface area (Å²) in [5.74, 6) is -0.380. The molecule has 0 aromatic heterocycles. The summed E-state index contributed by atoms with van der Waals surface area (Å²) in [6.45, 7) is 8.24. The van der Waals surface area contributed by atoms with Crippen LogP contribution in [0.15, 0.2) is 16.6 Å². The van der Waals surface area contributed by atoms with Crippen LogP contribution in [0.4, 0.5) is 4.39 Å². The van der Waals surface area contributed by atoms with Crippen molar-refractivity contribution in [3.05, 3.63) is 33.0 Å². The van der Waals surface area contributed by atoms with Gasteiger partial charge in [0.05, 0.1) is 23.8 Å². The van der Waals surface area contributed by atoms with Crippen molar-refractivity contribution in [2.75, 3.05) is 32.8 Å². The number of nitrogens with zero attached hydrogens (tertiary/aromatic N) is 1. The van der Waals surface area contributed by atoms with Gasteiger partial charge in [-0.15, -0.1) is 0 Å². The molecule has 118 valence electrons. The van der Waals surface area contributed by atoms with Crippen molar-refractivity contribution in [2.24, 2.45) is 0 Å². The monoisotopic (exact) mass is 378 g/mol. The predicted octanol–water partition coefficient (Wildman–Crippen LogP) is 3.61. The summed E-state index contributed by atoms with van der Waals surface area (Å²) in [6, 6.07) is 3.35. The third-order valence-corrected chi connectivity index (χ3v) is 5.08. The topological polar surface area (TPSA) is 24.5 Å². The molecule has 21 heavy (non-hydrogen) atoms. The van der Waals surface area contributed by atoms with Crippen molar-refractivity contribution in [3.8, 4) is 0 Å². The second-order valence-electron chi connectivity index (χ2n) is 5.10. The van der Waals surface area contributed by atoms with Crippen LogP contribution < -0.4 is 5.32 Å². The maximum Gasteiger partial charge on any atom is 0.147 e. The Hall–Kier alpha value is -0.200. The molecule has 1 aromatic rings. The molecule has 6 heteroatoms. The van der Waals surface area contributed by atoms with Gasteiger partial charge in [0.25, 0.3) is 0 Å². The van der Waals surface area contributed by atoms with E-state index in [2.05, 4.69) is 33.1 Å². The summed E-state index contributed by atoms with van der Waals surface area (Å²) in [5, 5.41) is 3.46. The third-order valence-electron chi connectivity index (χ3n) is 3.82. The number of ether oxygens (including phenoxy) is 1. The largest absolute Gasteiger partial charge is 0.374 e. The number of hydrogen-bond donors (Lipinski definition) is 1. The quantitative estimate of drug-likeness (QED) is 0.791. The first-order valence-corrected chi connectivity index (χ1v) is 8.46. The first-order chi connectivity index (χ1) is 10.1. The van der Waals surface area contributed by atoms with Crippen molar-refractivity contribution < 1.29 is 9.13 Å². The highest BCUT2D eigenvalue weighted by molar-refractivity contribution is 9.10. The normalized spacial score (nSPS) is 21.5. The molecule has 0 spiro atoms. The Bertz CT molecular complexity index is 489. The summed E-state index contributed by atoms with van der Waals surface area (Å²) in [5.41, 5.74) is 0.563. The number of benzene rings is 1. The summed E-state index contributed by atoms with van der Waals surface area (Å²) >= 11 is 9.27. The Kier molecular flexibility index (Phi) is 6.44. The van der Waals surface area contributed by atoms with Crippen LogP contribution in [0.3, 0.4) is 0 Å². The second-order valence-corrected chi connectivity index (χ2v) is 6.33. The van der Waals surface area contributed by atoms with Gasteiger partial charge in [-0.25, -0.2) is 4.39 Å². The maximum atomic E-state index is 14.5. The summed E-state index contributed by atoms with van der Waals surface area (Å²) in [4.78, 5) is 2.32. The molecule has 1 saturated heterocycles. The van der Waals surface area contributed by atoms with E-state index in [1.165, 1.54) is 0 Å². The van der Waals surface area contributed by atoms with E-state index in [-0.39, 0.29) is 23.0 Å². The molecular formula is C15H21BrClFN2O. The Morgan fingerprint density at radius 2 is 2.29 bits per heavy atom. The van der Waals surface area contributed by atoms with Gasteiger partial charge in [0, 0.05) is 23.1 Å². The van der Waals surface area contributed by atoms with Crippen LogP contribution in [0.2, 0.25) is 5.02 Å². The lowest BCUT2D eigenvalue weighted by atomic mass is 9.99. The van der Waals surface area contributed by atoms with Crippen LogP contribution in [-0.4, -0.2) is 43.8 Å². The van der Waals surface area contributed by atoms with Crippen LogP contribution in [-0.2, 0) is 4.74 Å². The van der Waals surface area contributed by atoms with Crippen LogP contribution in [0.1, 0.15) is 25.5 Å². The molecule has 0 amide bonds. The van der Waals surface area contributed by atoms with Crippen LogP contribution in [0, 0.1) is 5.82 Å². The fourth-order valence-electron chi connectivity index (χ4n) is 2.66. The molecule has 1 heterocycles. The van der Waals surface area contributed by atoms with Gasteiger partial charge in [-0.1, -0.05) is 31.5 Å². The molecule has 2 rings (SSSR count). The first-order valence-electron chi connectivity index (χ1n) is 7.29. The van der Waals surface area contributed by atoms with E-state index in [9.17, 15) is 4.39 Å². The number of hydrogen-bond acceptors (Lipinski definition) is 3. The second kappa shape index (κ2) is 7.88. The van der Waals surface area contributed by atoms with E-state index in [1.807, 2.05) is 6.92 Å². The molecule has 1 aliphatic rings. The van der Waals surface area contributed by atoms with Crippen molar-refractivity contribution >= 4 is 27.5 Å². The fraction of sp³-hybridized carbons (Fsp3) is 0.600. The molecular weight excluding hydrogens is 359 g/mol. The average Bonchev–Trinajstić information content (AvgIpc) is 2.51. The highest BCUT2D eigenvalue weighted by Crippen LogP contribution is 2.32. The zero-order chi connectivity index (χ0) is 15.4. The number of likely N-dealkylation sites (N-methyl/N-ethyl adjacent to an activating group) is 2. The van der Waals surface area contributed by atoms with Gasteiger partial charge >= 0.3 is 0 Å². The van der Waals surface area contributed by atoms with Crippen molar-refractivity contribution in [3.63, 3.8) is 0 Å². The lowest BCUT2D eigenvalue weighted by Gasteiger charge is -2.37. The molecule has 1 aromatic carbocycles. The van der Waals surface area contributed by atoms with Crippen LogP contribution >= 0.6 is 27.5 Å². The lowest BCUT2D eigenvalue weighted by molar-refractivity contribution is -0.0458. The number of halogens is 3. The average molecular weight is 380 g/mol. The third kappa shape index (κ3) is 3.96. The predicted molar refractivity (Wildman–Crippen MR) is 87.4 cm³/mol. The minimum Gasteiger partial charge on any atom is -0.374 e. The van der Waals surface area contributed by atoms with Crippen molar-refractivity contribution in [1.82, 2.24) is 10.2 Å². The Morgan fingerprint density at radius 1 is 1.52 bits per heavy atom. The van der Waals surface area contributed by atoms with Gasteiger partial charge in [-0.3, -0.25) is 4.90 Å².